The van der Waals surface area contributed by atoms with Gasteiger partial charge in [-0.05, 0) is 34.1 Å². The van der Waals surface area contributed by atoms with Crippen molar-refractivity contribution in [3.63, 3.8) is 0 Å². The molecule has 1 unspecified atom stereocenters. The lowest BCUT2D eigenvalue weighted by molar-refractivity contribution is -0.134. The van der Waals surface area contributed by atoms with E-state index in [1.54, 1.807) is 43.9 Å². The molecule has 0 bridgehead atoms. The van der Waals surface area contributed by atoms with Crippen LogP contribution in [0.15, 0.2) is 5.38 Å². The van der Waals surface area contributed by atoms with Gasteiger partial charge in [-0.15, -0.1) is 11.3 Å². The Bertz CT molecular complexity index is 618. The van der Waals surface area contributed by atoms with E-state index in [0.29, 0.717) is 13.1 Å². The molecule has 0 aromatic carbocycles. The Morgan fingerprint density at radius 1 is 1.31 bits per heavy atom. The third kappa shape index (κ3) is 6.25. The lowest BCUT2D eigenvalue weighted by Gasteiger charge is -2.35. The summed E-state index contributed by atoms with van der Waals surface area (Å²) in [7, 11) is 0. The summed E-state index contributed by atoms with van der Waals surface area (Å²) in [6, 6.07) is -0.595. The van der Waals surface area contributed by atoms with E-state index in [1.165, 1.54) is 0 Å². The minimum atomic E-state index is -0.595. The highest BCUT2D eigenvalue weighted by molar-refractivity contribution is 7.09. The number of aromatic nitrogens is 1. The van der Waals surface area contributed by atoms with Gasteiger partial charge in [0.15, 0.2) is 0 Å². The van der Waals surface area contributed by atoms with Crippen LogP contribution in [0.2, 0.25) is 0 Å². The first-order valence-corrected chi connectivity index (χ1v) is 10.00. The molecular weight excluding hydrogens is 352 g/mol. The number of aryl methyl sites for hydroxylation is 1. The maximum Gasteiger partial charge on any atom is 0.408 e. The Labute approximate surface area is 159 Å². The van der Waals surface area contributed by atoms with Crippen LogP contribution in [-0.4, -0.2) is 64.6 Å². The molecule has 1 aromatic heterocycles. The third-order valence-electron chi connectivity index (χ3n) is 4.07. The maximum absolute atomic E-state index is 12.5. The molecule has 2 heterocycles. The summed E-state index contributed by atoms with van der Waals surface area (Å²) in [4.78, 5) is 33.1. The highest BCUT2D eigenvalue weighted by Gasteiger charge is 2.27. The number of hydrogen-bond donors (Lipinski definition) is 1. The number of ether oxygens (including phenoxy) is 1. The van der Waals surface area contributed by atoms with E-state index in [4.69, 9.17) is 4.74 Å². The van der Waals surface area contributed by atoms with E-state index in [-0.39, 0.29) is 5.91 Å². The molecule has 1 aliphatic heterocycles. The lowest BCUT2D eigenvalue weighted by atomic mass is 10.2. The van der Waals surface area contributed by atoms with Gasteiger partial charge in [0.2, 0.25) is 5.91 Å². The fourth-order valence-corrected chi connectivity index (χ4v) is 3.50. The Morgan fingerprint density at radius 3 is 2.50 bits per heavy atom. The molecular formula is C18H30N4O3S. The van der Waals surface area contributed by atoms with Gasteiger partial charge in [-0.1, -0.05) is 6.92 Å². The van der Waals surface area contributed by atoms with Crippen molar-refractivity contribution in [3.8, 4) is 0 Å². The fourth-order valence-electron chi connectivity index (χ4n) is 2.76. The number of alkyl carbamates (subject to hydrolysis) is 1. The fraction of sp³-hybridized carbons (Fsp3) is 0.722. The van der Waals surface area contributed by atoms with Crippen LogP contribution in [-0.2, 0) is 22.5 Å². The average molecular weight is 383 g/mol. The Balaban J connectivity index is 1.77. The predicted molar refractivity (Wildman–Crippen MR) is 102 cm³/mol. The normalized spacial score (nSPS) is 17.0. The molecule has 146 valence electrons. The molecule has 26 heavy (non-hydrogen) atoms. The molecule has 1 aliphatic rings. The van der Waals surface area contributed by atoms with Crippen LogP contribution >= 0.6 is 11.3 Å². The standard InChI is InChI=1S/C18H30N4O3S/c1-6-15-20-14(12-26-15)11-21-7-9-22(10-8-21)16(23)13(2)19-17(24)25-18(3,4)5/h12-13H,6-11H2,1-5H3,(H,19,24). The first kappa shape index (κ1) is 20.6. The number of thiazole rings is 1. The number of carbonyl (C=O) groups is 2. The monoisotopic (exact) mass is 382 g/mol. The molecule has 0 aliphatic carbocycles. The highest BCUT2D eigenvalue weighted by atomic mass is 32.1. The number of rotatable bonds is 5. The number of nitrogens with zero attached hydrogens (tertiary/aromatic N) is 3. The second-order valence-corrected chi connectivity index (χ2v) is 8.50. The van der Waals surface area contributed by atoms with E-state index in [2.05, 4.69) is 27.5 Å². The first-order valence-electron chi connectivity index (χ1n) is 9.12. The van der Waals surface area contributed by atoms with Gasteiger partial charge in [-0.25, -0.2) is 9.78 Å². The van der Waals surface area contributed by atoms with Crippen LogP contribution in [0.5, 0.6) is 0 Å². The van der Waals surface area contributed by atoms with Crippen molar-refractivity contribution in [2.75, 3.05) is 26.2 Å². The van der Waals surface area contributed by atoms with Gasteiger partial charge in [0.1, 0.15) is 11.6 Å². The van der Waals surface area contributed by atoms with Crippen molar-refractivity contribution in [3.05, 3.63) is 16.1 Å². The van der Waals surface area contributed by atoms with Crippen molar-refractivity contribution in [1.82, 2.24) is 20.1 Å². The highest BCUT2D eigenvalue weighted by Crippen LogP contribution is 2.14. The van der Waals surface area contributed by atoms with Crippen LogP contribution in [0.25, 0.3) is 0 Å². The smallest absolute Gasteiger partial charge is 0.408 e. The summed E-state index contributed by atoms with van der Waals surface area (Å²) in [5.74, 6) is -0.0718. The topological polar surface area (TPSA) is 74.8 Å². The zero-order valence-electron chi connectivity index (χ0n) is 16.4. The Hall–Kier alpha value is -1.67. The molecule has 2 rings (SSSR count). The summed E-state index contributed by atoms with van der Waals surface area (Å²) < 4.78 is 5.21. The van der Waals surface area contributed by atoms with Gasteiger partial charge in [-0.2, -0.15) is 0 Å². The quantitative estimate of drug-likeness (QED) is 0.845. The molecule has 1 atom stereocenters. The minimum Gasteiger partial charge on any atom is -0.444 e. The number of amides is 2. The molecule has 1 aromatic rings. The van der Waals surface area contributed by atoms with Gasteiger partial charge in [0.25, 0.3) is 0 Å². The first-order chi connectivity index (χ1) is 12.2. The number of piperazine rings is 1. The lowest BCUT2D eigenvalue weighted by Crippen LogP contribution is -2.54. The summed E-state index contributed by atoms with van der Waals surface area (Å²) in [5, 5.41) is 5.90. The molecule has 1 fully saturated rings. The second kappa shape index (κ2) is 8.81. The summed E-state index contributed by atoms with van der Waals surface area (Å²) in [6.45, 7) is 12.9. The van der Waals surface area contributed by atoms with Gasteiger partial charge >= 0.3 is 6.09 Å². The molecule has 7 nitrogen and oxygen atoms in total. The molecule has 0 saturated carbocycles. The molecule has 0 radical (unpaired) electrons. The van der Waals surface area contributed by atoms with E-state index in [9.17, 15) is 9.59 Å². The van der Waals surface area contributed by atoms with E-state index < -0.39 is 17.7 Å². The van der Waals surface area contributed by atoms with E-state index >= 15 is 0 Å². The Kier molecular flexibility index (Phi) is 7.00. The molecule has 8 heteroatoms. The van der Waals surface area contributed by atoms with Crippen molar-refractivity contribution in [2.45, 2.75) is 59.2 Å². The predicted octanol–water partition coefficient (Wildman–Crippen LogP) is 2.26. The summed E-state index contributed by atoms with van der Waals surface area (Å²) in [6.07, 6.45) is 0.405. The van der Waals surface area contributed by atoms with Gasteiger partial charge in [0, 0.05) is 38.1 Å². The zero-order valence-corrected chi connectivity index (χ0v) is 17.2. The van der Waals surface area contributed by atoms with Gasteiger partial charge in [-0.3, -0.25) is 9.69 Å². The van der Waals surface area contributed by atoms with Crippen molar-refractivity contribution < 1.29 is 14.3 Å². The van der Waals surface area contributed by atoms with Crippen molar-refractivity contribution >= 4 is 23.3 Å². The number of nitrogens with one attached hydrogen (secondary N) is 1. The maximum atomic E-state index is 12.5. The largest absolute Gasteiger partial charge is 0.444 e. The summed E-state index contributed by atoms with van der Waals surface area (Å²) in [5.41, 5.74) is 0.526. The van der Waals surface area contributed by atoms with Crippen LogP contribution in [0, 0.1) is 0 Å². The van der Waals surface area contributed by atoms with E-state index in [1.807, 2.05) is 0 Å². The minimum absolute atomic E-state index is 0.0718. The van der Waals surface area contributed by atoms with Crippen LogP contribution in [0.1, 0.15) is 45.3 Å². The molecule has 0 spiro atoms. The van der Waals surface area contributed by atoms with Crippen molar-refractivity contribution in [2.24, 2.45) is 0 Å². The zero-order chi connectivity index (χ0) is 19.3. The molecule has 2 amide bonds. The van der Waals surface area contributed by atoms with Crippen LogP contribution in [0.4, 0.5) is 4.79 Å². The average Bonchev–Trinajstić information content (AvgIpc) is 3.00. The second-order valence-electron chi connectivity index (χ2n) is 7.56. The Morgan fingerprint density at radius 2 is 1.96 bits per heavy atom. The van der Waals surface area contributed by atoms with Gasteiger partial charge < -0.3 is 15.0 Å². The van der Waals surface area contributed by atoms with Gasteiger partial charge in [0.05, 0.1) is 10.7 Å². The number of carbonyl (C=O) groups excluding carboxylic acids is 2. The third-order valence-corrected chi connectivity index (χ3v) is 5.12. The van der Waals surface area contributed by atoms with Crippen LogP contribution < -0.4 is 5.32 Å². The van der Waals surface area contributed by atoms with Crippen molar-refractivity contribution in [1.29, 1.82) is 0 Å². The summed E-state index contributed by atoms with van der Waals surface area (Å²) >= 11 is 1.70. The SMILES string of the molecule is CCc1nc(CN2CCN(C(=O)C(C)NC(=O)OC(C)(C)C)CC2)cs1. The molecule has 1 saturated heterocycles. The number of hydrogen-bond acceptors (Lipinski definition) is 6. The van der Waals surface area contributed by atoms with E-state index in [0.717, 1.165) is 36.8 Å². The molecule has 1 N–H and O–H groups in total. The van der Waals surface area contributed by atoms with Crippen LogP contribution in [0.3, 0.4) is 0 Å².